The number of carbonyl (C=O) groups is 1. The number of halogens is 2. The zero-order chi connectivity index (χ0) is 21.4. The molecular formula is C23H24F2N4OS. The van der Waals surface area contributed by atoms with E-state index in [9.17, 15) is 13.6 Å². The number of para-hydroxylation sites is 1. The van der Waals surface area contributed by atoms with Crippen LogP contribution >= 0.6 is 11.3 Å². The largest absolute Gasteiger partial charge is 0.366 e. The fraction of sp³-hybridized carbons (Fsp3) is 0.391. The molecule has 1 aromatic heterocycles. The van der Waals surface area contributed by atoms with E-state index in [0.29, 0.717) is 31.9 Å². The summed E-state index contributed by atoms with van der Waals surface area (Å²) in [6.45, 7) is 4.08. The molecule has 31 heavy (non-hydrogen) atoms. The Hall–Kier alpha value is -2.74. The van der Waals surface area contributed by atoms with E-state index in [0.717, 1.165) is 41.3 Å². The highest BCUT2D eigenvalue weighted by molar-refractivity contribution is 7.22. The van der Waals surface area contributed by atoms with Gasteiger partial charge >= 0.3 is 0 Å². The Kier molecular flexibility index (Phi) is 5.48. The normalized spacial score (nSPS) is 18.1. The van der Waals surface area contributed by atoms with Crippen LogP contribution in [0.2, 0.25) is 0 Å². The molecule has 0 unspecified atom stereocenters. The molecule has 5 rings (SSSR count). The molecule has 0 saturated carbocycles. The number of hydrogen-bond donors (Lipinski definition) is 0. The second kappa shape index (κ2) is 8.42. The second-order valence-corrected chi connectivity index (χ2v) is 9.14. The lowest BCUT2D eigenvalue weighted by molar-refractivity contribution is -0.136. The molecule has 1 amide bonds. The van der Waals surface area contributed by atoms with Crippen LogP contribution in [0.25, 0.3) is 10.2 Å². The molecule has 3 aromatic rings. The van der Waals surface area contributed by atoms with E-state index in [1.165, 1.54) is 29.5 Å². The summed E-state index contributed by atoms with van der Waals surface area (Å²) in [4.78, 5) is 23.8. The van der Waals surface area contributed by atoms with Crippen molar-refractivity contribution in [2.24, 2.45) is 5.92 Å². The molecule has 8 heteroatoms. The fourth-order valence-electron chi connectivity index (χ4n) is 4.47. The summed E-state index contributed by atoms with van der Waals surface area (Å²) in [6.07, 6.45) is 1.58. The minimum Gasteiger partial charge on any atom is -0.366 e. The Morgan fingerprint density at radius 3 is 2.42 bits per heavy atom. The average Bonchev–Trinajstić information content (AvgIpc) is 3.22. The first-order valence-corrected chi connectivity index (χ1v) is 11.5. The molecule has 3 heterocycles. The van der Waals surface area contributed by atoms with Crippen molar-refractivity contribution in [2.75, 3.05) is 49.1 Å². The van der Waals surface area contributed by atoms with Gasteiger partial charge in [-0.2, -0.15) is 0 Å². The van der Waals surface area contributed by atoms with Gasteiger partial charge in [0.15, 0.2) is 5.13 Å². The number of hydrogen-bond acceptors (Lipinski definition) is 5. The van der Waals surface area contributed by atoms with Gasteiger partial charge < -0.3 is 14.7 Å². The summed E-state index contributed by atoms with van der Waals surface area (Å²) >= 11 is 1.50. The lowest BCUT2D eigenvalue weighted by Gasteiger charge is -2.39. The molecule has 0 atom stereocenters. The number of nitrogens with zero attached hydrogens (tertiary/aromatic N) is 4. The molecule has 0 radical (unpaired) electrons. The van der Waals surface area contributed by atoms with Gasteiger partial charge in [-0.25, -0.2) is 13.8 Å². The minimum absolute atomic E-state index is 0.0167. The van der Waals surface area contributed by atoms with E-state index in [4.69, 9.17) is 0 Å². The number of benzene rings is 2. The first-order valence-electron chi connectivity index (χ1n) is 10.7. The van der Waals surface area contributed by atoms with Crippen LogP contribution in [0.5, 0.6) is 0 Å². The highest BCUT2D eigenvalue weighted by atomic mass is 32.1. The zero-order valence-electron chi connectivity index (χ0n) is 17.1. The summed E-state index contributed by atoms with van der Waals surface area (Å²) < 4.78 is 28.3. The van der Waals surface area contributed by atoms with Gasteiger partial charge in [0.25, 0.3) is 0 Å². The van der Waals surface area contributed by atoms with Crippen LogP contribution in [-0.2, 0) is 4.79 Å². The molecular weight excluding hydrogens is 418 g/mol. The van der Waals surface area contributed by atoms with Gasteiger partial charge in [0.2, 0.25) is 5.91 Å². The van der Waals surface area contributed by atoms with Gasteiger partial charge in [-0.05, 0) is 43.2 Å². The number of rotatable bonds is 3. The molecule has 0 aliphatic carbocycles. The zero-order valence-corrected chi connectivity index (χ0v) is 18.0. The number of fused-ring (bicyclic) bond motifs is 1. The molecule has 2 aliphatic heterocycles. The molecule has 0 N–H and O–H groups in total. The smallest absolute Gasteiger partial charge is 0.225 e. The average molecular weight is 443 g/mol. The van der Waals surface area contributed by atoms with Crippen molar-refractivity contribution in [3.05, 3.63) is 54.1 Å². The topological polar surface area (TPSA) is 39.7 Å². The van der Waals surface area contributed by atoms with Crippen molar-refractivity contribution in [2.45, 2.75) is 12.8 Å². The third-order valence-corrected chi connectivity index (χ3v) is 7.32. The first-order chi connectivity index (χ1) is 15.1. The van der Waals surface area contributed by atoms with Gasteiger partial charge in [0.05, 0.1) is 15.9 Å². The Balaban J connectivity index is 1.16. The van der Waals surface area contributed by atoms with Crippen molar-refractivity contribution in [1.29, 1.82) is 0 Å². The number of piperazine rings is 1. The maximum atomic E-state index is 14.0. The molecule has 0 bridgehead atoms. The summed E-state index contributed by atoms with van der Waals surface area (Å²) in [5, 5.41) is 0.894. The lowest BCUT2D eigenvalue weighted by Crippen LogP contribution is -2.51. The Labute approximate surface area is 183 Å². The van der Waals surface area contributed by atoms with Crippen molar-refractivity contribution in [3.8, 4) is 0 Å². The van der Waals surface area contributed by atoms with Gasteiger partial charge in [-0.15, -0.1) is 0 Å². The predicted molar refractivity (Wildman–Crippen MR) is 120 cm³/mol. The van der Waals surface area contributed by atoms with Gasteiger partial charge in [-0.3, -0.25) is 4.79 Å². The fourth-order valence-corrected chi connectivity index (χ4v) is 5.52. The van der Waals surface area contributed by atoms with Gasteiger partial charge in [0.1, 0.15) is 11.6 Å². The van der Waals surface area contributed by atoms with E-state index in [1.807, 2.05) is 15.9 Å². The molecule has 2 fully saturated rings. The lowest BCUT2D eigenvalue weighted by atomic mass is 9.95. The second-order valence-electron chi connectivity index (χ2n) is 8.13. The van der Waals surface area contributed by atoms with Crippen molar-refractivity contribution in [1.82, 2.24) is 9.88 Å². The van der Waals surface area contributed by atoms with E-state index < -0.39 is 0 Å². The third-order valence-electron chi connectivity index (χ3n) is 6.24. The number of thiazole rings is 1. The Morgan fingerprint density at radius 1 is 0.935 bits per heavy atom. The van der Waals surface area contributed by atoms with Crippen molar-refractivity contribution >= 4 is 38.3 Å². The van der Waals surface area contributed by atoms with Crippen LogP contribution in [0.3, 0.4) is 0 Å². The van der Waals surface area contributed by atoms with E-state index >= 15 is 0 Å². The highest BCUT2D eigenvalue weighted by Crippen LogP contribution is 2.32. The van der Waals surface area contributed by atoms with Crippen LogP contribution in [0, 0.1) is 17.6 Å². The van der Waals surface area contributed by atoms with Gasteiger partial charge in [0, 0.05) is 45.2 Å². The number of amides is 1. The maximum absolute atomic E-state index is 14.0. The van der Waals surface area contributed by atoms with E-state index in [1.54, 1.807) is 18.2 Å². The van der Waals surface area contributed by atoms with E-state index in [-0.39, 0.29) is 23.5 Å². The predicted octanol–water partition coefficient (Wildman–Crippen LogP) is 4.14. The van der Waals surface area contributed by atoms with E-state index in [2.05, 4.69) is 9.88 Å². The Morgan fingerprint density at radius 2 is 1.68 bits per heavy atom. The number of aromatic nitrogens is 1. The van der Waals surface area contributed by atoms with Crippen molar-refractivity contribution < 1.29 is 13.6 Å². The van der Waals surface area contributed by atoms with Crippen LogP contribution in [0.15, 0.2) is 42.5 Å². The first kappa shape index (κ1) is 20.2. The standard InChI is InChI=1S/C23H24F2N4OS/c24-17-5-6-19-21(15-17)31-23(26-19)29-9-7-16(8-10-29)22(30)28-13-11-27(12-14-28)20-4-2-1-3-18(20)25/h1-6,15-16H,7-14H2. The number of carbonyl (C=O) groups excluding carboxylic acids is 1. The van der Waals surface area contributed by atoms with Crippen LogP contribution in [0.4, 0.5) is 19.6 Å². The highest BCUT2D eigenvalue weighted by Gasteiger charge is 2.31. The summed E-state index contributed by atoms with van der Waals surface area (Å²) in [5.41, 5.74) is 1.42. The quantitative estimate of drug-likeness (QED) is 0.611. The maximum Gasteiger partial charge on any atom is 0.225 e. The summed E-state index contributed by atoms with van der Waals surface area (Å²) in [6, 6.07) is 11.5. The molecule has 162 valence electrons. The van der Waals surface area contributed by atoms with Crippen LogP contribution < -0.4 is 9.80 Å². The summed E-state index contributed by atoms with van der Waals surface area (Å²) in [7, 11) is 0. The molecule has 0 spiro atoms. The molecule has 5 nitrogen and oxygen atoms in total. The Bertz CT molecular complexity index is 1090. The SMILES string of the molecule is O=C(C1CCN(c2nc3ccc(F)cc3s2)CC1)N1CCN(c2ccccc2F)CC1. The monoisotopic (exact) mass is 442 g/mol. The van der Waals surface area contributed by atoms with Crippen LogP contribution in [-0.4, -0.2) is 55.1 Å². The minimum atomic E-state index is -0.248. The van der Waals surface area contributed by atoms with Crippen molar-refractivity contribution in [3.63, 3.8) is 0 Å². The molecule has 2 aromatic carbocycles. The number of anilines is 2. The molecule has 2 aliphatic rings. The number of piperidine rings is 1. The molecule has 2 saturated heterocycles. The summed E-state index contributed by atoms with van der Waals surface area (Å²) in [5.74, 6) is -0.239. The van der Waals surface area contributed by atoms with Gasteiger partial charge in [-0.1, -0.05) is 23.5 Å². The van der Waals surface area contributed by atoms with Crippen LogP contribution in [0.1, 0.15) is 12.8 Å². The third kappa shape index (κ3) is 4.08.